The van der Waals surface area contributed by atoms with E-state index in [4.69, 9.17) is 5.11 Å². The summed E-state index contributed by atoms with van der Waals surface area (Å²) in [7, 11) is 0. The summed E-state index contributed by atoms with van der Waals surface area (Å²) in [6.07, 6.45) is -8.22. The van der Waals surface area contributed by atoms with E-state index in [1.54, 1.807) is 4.98 Å². The number of aliphatic hydroxyl groups is 4. The SMILES string of the molecule is O=C(O)[C@H]1O[C@@](O)(Oc2ncc(F)c(=O)[nH]2)[C@H](O)[C@@H](O)[C@@H]1O. The molecule has 1 fully saturated rings. The van der Waals surface area contributed by atoms with Crippen LogP contribution in [0.1, 0.15) is 0 Å². The molecule has 1 aromatic heterocycles. The number of hydrogen-bond acceptors (Lipinski definition) is 9. The number of carboxylic acid groups (broad SMARTS) is 1. The molecule has 0 aromatic carbocycles. The molecular formula is C10H11FN2O9. The number of rotatable bonds is 3. The molecule has 11 nitrogen and oxygen atoms in total. The summed E-state index contributed by atoms with van der Waals surface area (Å²) >= 11 is 0. The van der Waals surface area contributed by atoms with Gasteiger partial charge in [0.2, 0.25) is 5.82 Å². The van der Waals surface area contributed by atoms with Crippen LogP contribution in [0.25, 0.3) is 0 Å². The number of hydrogen-bond donors (Lipinski definition) is 6. The molecule has 122 valence electrons. The molecule has 1 aromatic rings. The quantitative estimate of drug-likeness (QED) is 0.305. The first-order valence-corrected chi connectivity index (χ1v) is 5.76. The van der Waals surface area contributed by atoms with Gasteiger partial charge in [-0.2, -0.15) is 4.39 Å². The highest BCUT2D eigenvalue weighted by Gasteiger charge is 2.57. The van der Waals surface area contributed by atoms with Gasteiger partial charge in [-0.1, -0.05) is 0 Å². The molecule has 0 bridgehead atoms. The minimum atomic E-state index is -3.16. The van der Waals surface area contributed by atoms with Gasteiger partial charge in [-0.15, -0.1) is 0 Å². The normalized spacial score (nSPS) is 35.1. The summed E-state index contributed by atoms with van der Waals surface area (Å²) in [6, 6.07) is -0.819. The van der Waals surface area contributed by atoms with Crippen LogP contribution in [0.3, 0.4) is 0 Å². The fourth-order valence-electron chi connectivity index (χ4n) is 1.74. The maximum atomic E-state index is 12.8. The van der Waals surface area contributed by atoms with Crippen LogP contribution >= 0.6 is 0 Å². The number of aliphatic carboxylic acids is 1. The molecule has 1 aliphatic heterocycles. The van der Waals surface area contributed by atoms with Gasteiger partial charge in [0.25, 0.3) is 5.56 Å². The van der Waals surface area contributed by atoms with Gasteiger partial charge in [0, 0.05) is 0 Å². The van der Waals surface area contributed by atoms with Crippen LogP contribution in [-0.4, -0.2) is 71.9 Å². The van der Waals surface area contributed by atoms with Crippen molar-refractivity contribution >= 4 is 5.97 Å². The van der Waals surface area contributed by atoms with Gasteiger partial charge in [-0.25, -0.2) is 9.78 Å². The van der Waals surface area contributed by atoms with E-state index >= 15 is 0 Å². The zero-order valence-electron chi connectivity index (χ0n) is 10.6. The lowest BCUT2D eigenvalue weighted by atomic mass is 9.97. The fraction of sp³-hybridized carbons (Fsp3) is 0.500. The van der Waals surface area contributed by atoms with E-state index in [1.807, 2.05) is 0 Å². The summed E-state index contributed by atoms with van der Waals surface area (Å²) in [5, 5.41) is 47.4. The first-order valence-electron chi connectivity index (χ1n) is 5.76. The van der Waals surface area contributed by atoms with Gasteiger partial charge < -0.3 is 30.3 Å². The fourth-order valence-corrected chi connectivity index (χ4v) is 1.74. The molecule has 1 aliphatic rings. The smallest absolute Gasteiger partial charge is 0.358 e. The summed E-state index contributed by atoms with van der Waals surface area (Å²) in [5.74, 6) is -6.18. The van der Waals surface area contributed by atoms with Crippen LogP contribution in [-0.2, 0) is 9.53 Å². The molecule has 0 aliphatic carbocycles. The molecule has 12 heteroatoms. The third-order valence-corrected chi connectivity index (χ3v) is 2.87. The van der Waals surface area contributed by atoms with Crippen LogP contribution < -0.4 is 10.3 Å². The Bertz CT molecular complexity index is 637. The molecule has 22 heavy (non-hydrogen) atoms. The maximum absolute atomic E-state index is 12.8. The molecule has 0 amide bonds. The largest absolute Gasteiger partial charge is 0.479 e. The molecule has 0 spiro atoms. The van der Waals surface area contributed by atoms with Gasteiger partial charge in [0.15, 0.2) is 12.2 Å². The molecule has 0 radical (unpaired) electrons. The maximum Gasteiger partial charge on any atom is 0.358 e. The van der Waals surface area contributed by atoms with Crippen molar-refractivity contribution in [2.45, 2.75) is 30.4 Å². The monoisotopic (exact) mass is 322 g/mol. The van der Waals surface area contributed by atoms with Crippen LogP contribution in [0.15, 0.2) is 11.0 Å². The van der Waals surface area contributed by atoms with E-state index in [-0.39, 0.29) is 0 Å². The van der Waals surface area contributed by atoms with Crippen molar-refractivity contribution in [3.8, 4) is 6.01 Å². The Morgan fingerprint density at radius 2 is 2.05 bits per heavy atom. The Hall–Kier alpha value is -2.12. The minimum Gasteiger partial charge on any atom is -0.479 e. The minimum absolute atomic E-state index is 0.437. The van der Waals surface area contributed by atoms with E-state index in [2.05, 4.69) is 14.5 Å². The van der Waals surface area contributed by atoms with Crippen LogP contribution in [0.2, 0.25) is 0 Å². The lowest BCUT2D eigenvalue weighted by Gasteiger charge is -2.42. The van der Waals surface area contributed by atoms with Crippen molar-refractivity contribution in [1.82, 2.24) is 9.97 Å². The summed E-state index contributed by atoms with van der Waals surface area (Å²) in [6.45, 7) is 0. The Labute approximate surface area is 120 Å². The number of nitrogens with one attached hydrogen (secondary N) is 1. The number of H-pyrrole nitrogens is 1. The number of ether oxygens (including phenoxy) is 2. The molecule has 5 atom stereocenters. The Balaban J connectivity index is 2.31. The molecule has 2 heterocycles. The summed E-state index contributed by atoms with van der Waals surface area (Å²) < 4.78 is 21.9. The topological polar surface area (TPSA) is 182 Å². The zero-order chi connectivity index (χ0) is 16.7. The predicted octanol–water partition coefficient (Wildman–Crippen LogP) is -3.50. The molecule has 0 unspecified atom stereocenters. The van der Waals surface area contributed by atoms with E-state index in [9.17, 15) is 34.4 Å². The highest BCUT2D eigenvalue weighted by molar-refractivity contribution is 5.73. The van der Waals surface area contributed by atoms with E-state index in [1.165, 1.54) is 0 Å². The number of carboxylic acids is 1. The molecule has 0 saturated carbocycles. The van der Waals surface area contributed by atoms with Crippen molar-refractivity contribution in [2.24, 2.45) is 0 Å². The number of halogens is 1. The Kier molecular flexibility index (Phi) is 4.12. The van der Waals surface area contributed by atoms with Crippen LogP contribution in [0.4, 0.5) is 4.39 Å². The van der Waals surface area contributed by atoms with Crippen LogP contribution in [0, 0.1) is 5.82 Å². The van der Waals surface area contributed by atoms with Gasteiger partial charge in [0.1, 0.15) is 12.2 Å². The number of carbonyl (C=O) groups is 1. The van der Waals surface area contributed by atoms with Crippen molar-refractivity contribution in [1.29, 1.82) is 0 Å². The molecule has 6 N–H and O–H groups in total. The lowest BCUT2D eigenvalue weighted by molar-refractivity contribution is -0.417. The number of aliphatic hydroxyl groups excluding tert-OH is 3. The first-order chi connectivity index (χ1) is 10.2. The van der Waals surface area contributed by atoms with Gasteiger partial charge in [-0.05, 0) is 0 Å². The second kappa shape index (κ2) is 5.58. The molecule has 1 saturated heterocycles. The summed E-state index contributed by atoms with van der Waals surface area (Å²) in [4.78, 5) is 26.9. The average molecular weight is 322 g/mol. The van der Waals surface area contributed by atoms with Gasteiger partial charge >= 0.3 is 18.0 Å². The van der Waals surface area contributed by atoms with Crippen molar-refractivity contribution in [2.75, 3.05) is 0 Å². The number of nitrogens with zero attached hydrogens (tertiary/aromatic N) is 1. The third-order valence-electron chi connectivity index (χ3n) is 2.87. The molecule has 2 rings (SSSR count). The number of aromatic nitrogens is 2. The molecular weight excluding hydrogens is 311 g/mol. The highest BCUT2D eigenvalue weighted by Crippen LogP contribution is 2.29. The number of aromatic amines is 1. The first kappa shape index (κ1) is 16.3. The van der Waals surface area contributed by atoms with Crippen molar-refractivity contribution < 1.29 is 44.2 Å². The van der Waals surface area contributed by atoms with Crippen molar-refractivity contribution in [3.05, 3.63) is 22.4 Å². The van der Waals surface area contributed by atoms with E-state index in [0.717, 1.165) is 0 Å². The lowest BCUT2D eigenvalue weighted by Crippen LogP contribution is -2.68. The second-order valence-corrected chi connectivity index (χ2v) is 4.40. The van der Waals surface area contributed by atoms with Gasteiger partial charge in [0.05, 0.1) is 6.20 Å². The zero-order valence-corrected chi connectivity index (χ0v) is 10.6. The average Bonchev–Trinajstić information content (AvgIpc) is 2.45. The standard InChI is InChI=1S/C10H11FN2O9/c11-2-1-12-9(13-7(2)17)22-10(20)6(16)4(15)3(14)5(21-10)8(18)19/h1,3-6,14-16,20H,(H,18,19)(H,12,13,17)/t3-,4-,5-,6+,10+/m0/s1. The predicted molar refractivity (Wildman–Crippen MR) is 60.9 cm³/mol. The second-order valence-electron chi connectivity index (χ2n) is 4.40. The third kappa shape index (κ3) is 2.77. The van der Waals surface area contributed by atoms with Crippen LogP contribution in [0.5, 0.6) is 6.01 Å². The van der Waals surface area contributed by atoms with E-state index in [0.29, 0.717) is 6.20 Å². The summed E-state index contributed by atoms with van der Waals surface area (Å²) in [5.41, 5.74) is -1.27. The van der Waals surface area contributed by atoms with Crippen molar-refractivity contribution in [3.63, 3.8) is 0 Å². The van der Waals surface area contributed by atoms with Gasteiger partial charge in [-0.3, -0.25) is 14.5 Å². The Morgan fingerprint density at radius 1 is 1.41 bits per heavy atom. The highest BCUT2D eigenvalue weighted by atomic mass is 19.1. The Morgan fingerprint density at radius 3 is 2.59 bits per heavy atom. The van der Waals surface area contributed by atoms with E-state index < -0.39 is 53.7 Å².